The number of hydrogen-bond acceptors (Lipinski definition) is 2. The fourth-order valence-corrected chi connectivity index (χ4v) is 2.88. The number of hydrogen-bond donors (Lipinski definition) is 0. The van der Waals surface area contributed by atoms with E-state index in [1.165, 1.54) is 12.8 Å². The summed E-state index contributed by atoms with van der Waals surface area (Å²) in [7, 11) is 0. The Morgan fingerprint density at radius 3 is 2.75 bits per heavy atom. The van der Waals surface area contributed by atoms with E-state index in [1.807, 2.05) is 0 Å². The lowest BCUT2D eigenvalue weighted by Crippen LogP contribution is -2.30. The van der Waals surface area contributed by atoms with Crippen molar-refractivity contribution in [3.05, 3.63) is 24.3 Å². The quantitative estimate of drug-likeness (QED) is 0.404. The van der Waals surface area contributed by atoms with E-state index < -0.39 is 0 Å². The van der Waals surface area contributed by atoms with E-state index in [0.717, 1.165) is 32.1 Å². The maximum Gasteiger partial charge on any atom is 0.235 e. The van der Waals surface area contributed by atoms with Crippen molar-refractivity contribution in [2.75, 3.05) is 0 Å². The van der Waals surface area contributed by atoms with Crippen molar-refractivity contribution in [3.8, 4) is 0 Å². The average molecular weight is 217 g/mol. The van der Waals surface area contributed by atoms with Gasteiger partial charge in [0.25, 0.3) is 0 Å². The van der Waals surface area contributed by atoms with Crippen LogP contribution >= 0.6 is 0 Å². The molecule has 0 aromatic heterocycles. The second-order valence-electron chi connectivity index (χ2n) is 5.00. The van der Waals surface area contributed by atoms with Crippen LogP contribution in [-0.4, -0.2) is 11.6 Å². The first-order chi connectivity index (χ1) is 7.85. The van der Waals surface area contributed by atoms with Crippen LogP contribution in [-0.2, 0) is 4.79 Å². The summed E-state index contributed by atoms with van der Waals surface area (Å²) in [5.74, 6) is 0.702. The molecular formula is C14H19NO. The Kier molecular flexibility index (Phi) is 3.74. The largest absolute Gasteiger partial charge is 0.235 e. The van der Waals surface area contributed by atoms with Crippen LogP contribution in [0.5, 0.6) is 0 Å². The summed E-state index contributed by atoms with van der Waals surface area (Å²) in [5, 5.41) is 0. The molecule has 2 rings (SSSR count). The molecule has 0 amide bonds. The molecule has 0 fully saturated rings. The predicted molar refractivity (Wildman–Crippen MR) is 64.9 cm³/mol. The van der Waals surface area contributed by atoms with Crippen LogP contribution in [0.2, 0.25) is 0 Å². The van der Waals surface area contributed by atoms with E-state index in [4.69, 9.17) is 0 Å². The Balaban J connectivity index is 2.04. The first-order valence-corrected chi connectivity index (χ1v) is 6.24. The first-order valence-electron chi connectivity index (χ1n) is 6.24. The van der Waals surface area contributed by atoms with Crippen LogP contribution in [0.25, 0.3) is 0 Å². The number of allylic oxidation sites excluding steroid dienone is 3. The van der Waals surface area contributed by atoms with Crippen molar-refractivity contribution in [1.82, 2.24) is 0 Å². The molecule has 0 spiro atoms. The highest BCUT2D eigenvalue weighted by molar-refractivity contribution is 5.35. The Labute approximate surface area is 97.1 Å². The summed E-state index contributed by atoms with van der Waals surface area (Å²) in [5.41, 5.74) is -0.133. The topological polar surface area (TPSA) is 29.4 Å². The molecule has 0 aliphatic heterocycles. The highest BCUT2D eigenvalue weighted by Crippen LogP contribution is 2.37. The van der Waals surface area contributed by atoms with Gasteiger partial charge in [-0.1, -0.05) is 24.3 Å². The molecule has 2 nitrogen and oxygen atoms in total. The molecule has 0 radical (unpaired) electrons. The molecule has 2 atom stereocenters. The molecule has 2 aliphatic rings. The standard InChI is InChI=1S/C14H19NO/c16-12-15-14(9-5-2-6-10-14)11-13-7-3-1-4-8-13/h1-3,5,13H,4,6-11H2. The Hall–Kier alpha value is -1.14. The van der Waals surface area contributed by atoms with E-state index in [0.29, 0.717) is 5.92 Å². The van der Waals surface area contributed by atoms with E-state index in [2.05, 4.69) is 29.3 Å². The number of carbonyl (C=O) groups excluding carboxylic acids is 1. The van der Waals surface area contributed by atoms with Crippen LogP contribution in [0.15, 0.2) is 29.3 Å². The smallest absolute Gasteiger partial charge is 0.211 e. The van der Waals surface area contributed by atoms with E-state index in [-0.39, 0.29) is 5.54 Å². The zero-order chi connectivity index (χ0) is 11.3. The fourth-order valence-electron chi connectivity index (χ4n) is 2.88. The zero-order valence-electron chi connectivity index (χ0n) is 9.69. The average Bonchev–Trinajstić information content (AvgIpc) is 2.31. The summed E-state index contributed by atoms with van der Waals surface area (Å²) < 4.78 is 0. The SMILES string of the molecule is O=C=NC1(CC2CC=CCC2)CC=CCC1. The van der Waals surface area contributed by atoms with Gasteiger partial charge in [-0.05, 0) is 50.9 Å². The molecule has 2 aliphatic carbocycles. The van der Waals surface area contributed by atoms with Gasteiger partial charge >= 0.3 is 0 Å². The first kappa shape index (κ1) is 11.3. The molecule has 0 N–H and O–H groups in total. The third kappa shape index (κ3) is 2.70. The molecule has 0 aromatic rings. The lowest BCUT2D eigenvalue weighted by molar-refractivity contribution is 0.282. The summed E-state index contributed by atoms with van der Waals surface area (Å²) >= 11 is 0. The third-order valence-electron chi connectivity index (χ3n) is 3.77. The van der Waals surface area contributed by atoms with Crippen molar-refractivity contribution in [2.45, 2.75) is 50.5 Å². The second-order valence-corrected chi connectivity index (χ2v) is 5.00. The lowest BCUT2D eigenvalue weighted by Gasteiger charge is -2.33. The molecule has 2 heteroatoms. The van der Waals surface area contributed by atoms with E-state index in [9.17, 15) is 4.79 Å². The molecular weight excluding hydrogens is 198 g/mol. The predicted octanol–water partition coefficient (Wildman–Crippen LogP) is 3.55. The van der Waals surface area contributed by atoms with Gasteiger partial charge in [0.05, 0.1) is 5.54 Å². The minimum absolute atomic E-state index is 0.133. The molecule has 16 heavy (non-hydrogen) atoms. The maximum atomic E-state index is 10.6. The molecule has 0 heterocycles. The Morgan fingerprint density at radius 2 is 2.12 bits per heavy atom. The number of aliphatic imine (C=N–C) groups is 1. The van der Waals surface area contributed by atoms with Gasteiger partial charge in [0.2, 0.25) is 6.08 Å². The monoisotopic (exact) mass is 217 g/mol. The van der Waals surface area contributed by atoms with Crippen molar-refractivity contribution < 1.29 is 4.79 Å². The molecule has 0 saturated carbocycles. The number of rotatable bonds is 3. The minimum atomic E-state index is -0.133. The van der Waals surface area contributed by atoms with Crippen LogP contribution in [0.1, 0.15) is 44.9 Å². The Bertz CT molecular complexity index is 339. The maximum absolute atomic E-state index is 10.6. The zero-order valence-corrected chi connectivity index (χ0v) is 9.69. The summed E-state index contributed by atoms with van der Waals surface area (Å²) in [6.07, 6.45) is 18.3. The number of isocyanates is 1. The van der Waals surface area contributed by atoms with E-state index in [1.54, 1.807) is 6.08 Å². The van der Waals surface area contributed by atoms with Crippen molar-refractivity contribution in [3.63, 3.8) is 0 Å². The van der Waals surface area contributed by atoms with Gasteiger partial charge in [-0.25, -0.2) is 4.79 Å². The van der Waals surface area contributed by atoms with Gasteiger partial charge < -0.3 is 0 Å². The molecule has 86 valence electrons. The summed E-state index contributed by atoms with van der Waals surface area (Å²) in [6.45, 7) is 0. The van der Waals surface area contributed by atoms with Gasteiger partial charge in [0, 0.05) is 0 Å². The highest BCUT2D eigenvalue weighted by atomic mass is 16.1. The van der Waals surface area contributed by atoms with Crippen molar-refractivity contribution >= 4 is 6.08 Å². The highest BCUT2D eigenvalue weighted by Gasteiger charge is 2.32. The van der Waals surface area contributed by atoms with Gasteiger partial charge in [0.1, 0.15) is 0 Å². The Morgan fingerprint density at radius 1 is 1.25 bits per heavy atom. The molecule has 0 aromatic carbocycles. The van der Waals surface area contributed by atoms with Crippen LogP contribution in [0.3, 0.4) is 0 Å². The number of nitrogens with zero attached hydrogens (tertiary/aromatic N) is 1. The second kappa shape index (κ2) is 5.27. The summed E-state index contributed by atoms with van der Waals surface area (Å²) in [6, 6.07) is 0. The van der Waals surface area contributed by atoms with Crippen LogP contribution < -0.4 is 0 Å². The van der Waals surface area contributed by atoms with Gasteiger partial charge in [-0.3, -0.25) is 0 Å². The normalized spacial score (nSPS) is 33.4. The van der Waals surface area contributed by atoms with Gasteiger partial charge in [0.15, 0.2) is 0 Å². The van der Waals surface area contributed by atoms with Crippen molar-refractivity contribution in [1.29, 1.82) is 0 Å². The van der Waals surface area contributed by atoms with Gasteiger partial charge in [-0.2, -0.15) is 4.99 Å². The molecule has 0 saturated heterocycles. The van der Waals surface area contributed by atoms with Gasteiger partial charge in [-0.15, -0.1) is 0 Å². The summed E-state index contributed by atoms with van der Waals surface area (Å²) in [4.78, 5) is 14.7. The molecule has 0 bridgehead atoms. The third-order valence-corrected chi connectivity index (χ3v) is 3.77. The van der Waals surface area contributed by atoms with Crippen molar-refractivity contribution in [2.24, 2.45) is 10.9 Å². The molecule has 2 unspecified atom stereocenters. The van der Waals surface area contributed by atoms with Crippen LogP contribution in [0, 0.1) is 5.92 Å². The lowest BCUT2D eigenvalue weighted by atomic mass is 9.76. The van der Waals surface area contributed by atoms with E-state index >= 15 is 0 Å². The van der Waals surface area contributed by atoms with Crippen LogP contribution in [0.4, 0.5) is 0 Å². The minimum Gasteiger partial charge on any atom is -0.211 e. The fraction of sp³-hybridized carbons (Fsp3) is 0.643.